The molecule has 2 heterocycles. The summed E-state index contributed by atoms with van der Waals surface area (Å²) >= 11 is 1.85. The van der Waals surface area contributed by atoms with Crippen molar-refractivity contribution in [3.05, 3.63) is 36.3 Å². The lowest BCUT2D eigenvalue weighted by molar-refractivity contribution is 0.719. The second-order valence-corrected chi connectivity index (χ2v) is 4.35. The largest absolute Gasteiger partial charge is 0.310 e. The highest BCUT2D eigenvalue weighted by atomic mass is 32.2. The van der Waals surface area contributed by atoms with E-state index in [1.54, 1.807) is 0 Å². The van der Waals surface area contributed by atoms with E-state index in [-0.39, 0.29) is 0 Å². The van der Waals surface area contributed by atoms with Gasteiger partial charge in [0.05, 0.1) is 5.69 Å². The van der Waals surface area contributed by atoms with Crippen LogP contribution in [0, 0.1) is 0 Å². The van der Waals surface area contributed by atoms with Gasteiger partial charge in [-0.15, -0.1) is 0 Å². The predicted molar refractivity (Wildman–Crippen MR) is 65.3 cm³/mol. The molecule has 0 saturated carbocycles. The van der Waals surface area contributed by atoms with Crippen molar-refractivity contribution in [2.45, 2.75) is 6.54 Å². The molecule has 0 aliphatic carbocycles. The molecule has 0 spiro atoms. The zero-order chi connectivity index (χ0) is 10.5. The quantitative estimate of drug-likeness (QED) is 0.781. The molecule has 0 aromatic carbocycles. The number of rotatable bonds is 5. The van der Waals surface area contributed by atoms with E-state index >= 15 is 0 Å². The molecule has 0 fully saturated rings. The maximum absolute atomic E-state index is 4.50. The Kier molecular flexibility index (Phi) is 3.64. The van der Waals surface area contributed by atoms with Gasteiger partial charge < -0.3 is 9.72 Å². The zero-order valence-electron chi connectivity index (χ0n) is 8.81. The number of nitrogens with one attached hydrogen (secondary N) is 1. The topological polar surface area (TPSA) is 29.3 Å². The summed E-state index contributed by atoms with van der Waals surface area (Å²) in [6.45, 7) is 1.89. The predicted octanol–water partition coefficient (Wildman–Crippen LogP) is 1.79. The van der Waals surface area contributed by atoms with Gasteiger partial charge in [0.25, 0.3) is 0 Å². The average Bonchev–Trinajstić information content (AvgIpc) is 2.67. The van der Waals surface area contributed by atoms with Crippen LogP contribution in [0.5, 0.6) is 0 Å². The molecule has 2 aromatic rings. The lowest BCUT2D eigenvalue weighted by Crippen LogP contribution is -2.16. The molecule has 3 nitrogen and oxygen atoms in total. The minimum atomic E-state index is 0.849. The molecule has 0 aliphatic rings. The number of thioether (sulfide) groups is 1. The Balaban J connectivity index is 1.97. The highest BCUT2D eigenvalue weighted by molar-refractivity contribution is 7.98. The van der Waals surface area contributed by atoms with Crippen molar-refractivity contribution in [1.29, 1.82) is 0 Å². The van der Waals surface area contributed by atoms with Crippen LogP contribution < -0.4 is 5.32 Å². The first-order valence-corrected chi connectivity index (χ1v) is 6.42. The first-order chi connectivity index (χ1) is 7.40. The van der Waals surface area contributed by atoms with Gasteiger partial charge in [0, 0.05) is 31.2 Å². The van der Waals surface area contributed by atoms with E-state index in [0.29, 0.717) is 0 Å². The van der Waals surface area contributed by atoms with Crippen LogP contribution in [0.4, 0.5) is 0 Å². The van der Waals surface area contributed by atoms with Gasteiger partial charge in [0.2, 0.25) is 0 Å². The van der Waals surface area contributed by atoms with Crippen LogP contribution >= 0.6 is 11.8 Å². The molecule has 1 N–H and O–H groups in total. The molecule has 0 bridgehead atoms. The fourth-order valence-corrected chi connectivity index (χ4v) is 1.81. The van der Waals surface area contributed by atoms with Gasteiger partial charge in [-0.3, -0.25) is 0 Å². The lowest BCUT2D eigenvalue weighted by atomic mass is 10.5. The van der Waals surface area contributed by atoms with Crippen molar-refractivity contribution in [1.82, 2.24) is 14.7 Å². The number of imidazole rings is 1. The van der Waals surface area contributed by atoms with Crippen molar-refractivity contribution < 1.29 is 0 Å². The van der Waals surface area contributed by atoms with Crippen molar-refractivity contribution in [2.75, 3.05) is 18.6 Å². The Hall–Kier alpha value is -1.00. The van der Waals surface area contributed by atoms with E-state index in [1.165, 1.54) is 0 Å². The van der Waals surface area contributed by atoms with E-state index < -0.39 is 0 Å². The van der Waals surface area contributed by atoms with E-state index in [0.717, 1.165) is 30.2 Å². The summed E-state index contributed by atoms with van der Waals surface area (Å²) in [5.41, 5.74) is 2.11. The summed E-state index contributed by atoms with van der Waals surface area (Å²) < 4.78 is 2.05. The number of nitrogens with zero attached hydrogens (tertiary/aromatic N) is 2. The number of aromatic nitrogens is 2. The first-order valence-electron chi connectivity index (χ1n) is 5.02. The van der Waals surface area contributed by atoms with Gasteiger partial charge in [-0.05, 0) is 18.4 Å². The summed E-state index contributed by atoms with van der Waals surface area (Å²) in [7, 11) is 0. The number of pyridine rings is 1. The highest BCUT2D eigenvalue weighted by Gasteiger charge is 1.99. The first kappa shape index (κ1) is 10.5. The molecule has 0 amide bonds. The van der Waals surface area contributed by atoms with Crippen LogP contribution in [0.3, 0.4) is 0 Å². The van der Waals surface area contributed by atoms with Crippen molar-refractivity contribution in [2.24, 2.45) is 0 Å². The van der Waals surface area contributed by atoms with E-state index in [9.17, 15) is 0 Å². The summed E-state index contributed by atoms with van der Waals surface area (Å²) in [6, 6.07) is 6.04. The lowest BCUT2D eigenvalue weighted by Gasteiger charge is -1.99. The molecule has 4 heteroatoms. The smallest absolute Gasteiger partial charge is 0.137 e. The number of fused-ring (bicyclic) bond motifs is 1. The third-order valence-electron chi connectivity index (χ3n) is 2.20. The van der Waals surface area contributed by atoms with Crippen LogP contribution in [-0.4, -0.2) is 27.9 Å². The second-order valence-electron chi connectivity index (χ2n) is 3.37. The van der Waals surface area contributed by atoms with Crippen molar-refractivity contribution in [3.8, 4) is 0 Å². The Morgan fingerprint density at radius 1 is 1.47 bits per heavy atom. The van der Waals surface area contributed by atoms with Crippen LogP contribution in [0.2, 0.25) is 0 Å². The fraction of sp³-hybridized carbons (Fsp3) is 0.364. The molecule has 2 rings (SSSR count). The van der Waals surface area contributed by atoms with Gasteiger partial charge in [-0.1, -0.05) is 6.07 Å². The molecule has 0 aliphatic heterocycles. The van der Waals surface area contributed by atoms with Crippen LogP contribution in [-0.2, 0) is 6.54 Å². The van der Waals surface area contributed by atoms with E-state index in [2.05, 4.69) is 22.8 Å². The average molecular weight is 221 g/mol. The van der Waals surface area contributed by atoms with Gasteiger partial charge in [-0.2, -0.15) is 11.8 Å². The molecule has 0 unspecified atom stereocenters. The molecule has 0 radical (unpaired) electrons. The minimum absolute atomic E-state index is 0.849. The van der Waals surface area contributed by atoms with Gasteiger partial charge >= 0.3 is 0 Å². The molecule has 15 heavy (non-hydrogen) atoms. The van der Waals surface area contributed by atoms with Crippen LogP contribution in [0.1, 0.15) is 5.69 Å². The Morgan fingerprint density at radius 2 is 2.40 bits per heavy atom. The zero-order valence-corrected chi connectivity index (χ0v) is 9.63. The van der Waals surface area contributed by atoms with Crippen molar-refractivity contribution in [3.63, 3.8) is 0 Å². The van der Waals surface area contributed by atoms with Crippen LogP contribution in [0.25, 0.3) is 5.65 Å². The maximum atomic E-state index is 4.50. The molecule has 0 saturated heterocycles. The summed E-state index contributed by atoms with van der Waals surface area (Å²) in [4.78, 5) is 4.50. The summed E-state index contributed by atoms with van der Waals surface area (Å²) in [5.74, 6) is 1.15. The van der Waals surface area contributed by atoms with Gasteiger partial charge in [-0.25, -0.2) is 4.98 Å². The van der Waals surface area contributed by atoms with Gasteiger partial charge in [0.15, 0.2) is 0 Å². The second kappa shape index (κ2) is 5.19. The molecular formula is C11H15N3S. The Labute approximate surface area is 93.9 Å². The third-order valence-corrected chi connectivity index (χ3v) is 2.82. The monoisotopic (exact) mass is 221 g/mol. The molecular weight excluding hydrogens is 206 g/mol. The maximum Gasteiger partial charge on any atom is 0.137 e. The van der Waals surface area contributed by atoms with Crippen molar-refractivity contribution >= 4 is 17.4 Å². The SMILES string of the molecule is CSCCNCc1cn2ccccc2n1. The molecule has 0 atom stereocenters. The highest BCUT2D eigenvalue weighted by Crippen LogP contribution is 2.03. The molecule has 2 aromatic heterocycles. The normalized spacial score (nSPS) is 11.0. The fourth-order valence-electron chi connectivity index (χ4n) is 1.46. The molecule has 80 valence electrons. The standard InChI is InChI=1S/C11H15N3S/c1-15-7-5-12-8-10-9-14-6-3-2-4-11(14)13-10/h2-4,6,9,12H,5,7-8H2,1H3. The Bertz CT molecular complexity index is 391. The van der Waals surface area contributed by atoms with Crippen LogP contribution in [0.15, 0.2) is 30.6 Å². The Morgan fingerprint density at radius 3 is 3.20 bits per heavy atom. The van der Waals surface area contributed by atoms with Gasteiger partial charge in [0.1, 0.15) is 5.65 Å². The number of hydrogen-bond acceptors (Lipinski definition) is 3. The minimum Gasteiger partial charge on any atom is -0.310 e. The van der Waals surface area contributed by atoms with E-state index in [1.807, 2.05) is 40.6 Å². The van der Waals surface area contributed by atoms with E-state index in [4.69, 9.17) is 0 Å². The third kappa shape index (κ3) is 2.73. The summed E-state index contributed by atoms with van der Waals surface area (Å²) in [6.07, 6.45) is 6.21. The number of hydrogen-bond donors (Lipinski definition) is 1. The summed E-state index contributed by atoms with van der Waals surface area (Å²) in [5, 5.41) is 3.37.